The minimum absolute atomic E-state index is 0.169. The molecule has 0 saturated carbocycles. The highest BCUT2D eigenvalue weighted by Gasteiger charge is 2.28. The van der Waals surface area contributed by atoms with Crippen molar-refractivity contribution in [2.45, 2.75) is 32.4 Å². The number of aryl methyl sites for hydroxylation is 2. The summed E-state index contributed by atoms with van der Waals surface area (Å²) in [6.07, 6.45) is 2.40. The smallest absolute Gasteiger partial charge is 0.264 e. The first-order valence-electron chi connectivity index (χ1n) is 8.45. The number of carbonyl (C=O) groups is 1. The standard InChI is InChI=1S/C18H20N4O4/c1-11-13(9-22(2)20-11)8-19-18(23)17-7-14(21-26-17)5-12-3-4-15-16(6-12)25-10-24-15/h3-4,6,9,17H,5,7-8,10H2,1-2H3,(H,19,23). The SMILES string of the molecule is Cc1nn(C)cc1CNC(=O)C1CC(Cc2ccc3c(c2)OCO3)=NO1. The number of nitrogens with one attached hydrogen (secondary N) is 1. The Morgan fingerprint density at radius 3 is 3.00 bits per heavy atom. The van der Waals surface area contributed by atoms with E-state index in [0.717, 1.165) is 34.0 Å². The van der Waals surface area contributed by atoms with Crippen molar-refractivity contribution >= 4 is 11.6 Å². The largest absolute Gasteiger partial charge is 0.454 e. The van der Waals surface area contributed by atoms with Gasteiger partial charge >= 0.3 is 0 Å². The summed E-state index contributed by atoms with van der Waals surface area (Å²) in [4.78, 5) is 17.6. The maximum absolute atomic E-state index is 12.3. The van der Waals surface area contributed by atoms with Crippen LogP contribution in [0.2, 0.25) is 0 Å². The van der Waals surface area contributed by atoms with Crippen LogP contribution in [0, 0.1) is 6.92 Å². The van der Waals surface area contributed by atoms with E-state index in [4.69, 9.17) is 14.3 Å². The van der Waals surface area contributed by atoms with Crippen LogP contribution in [0.15, 0.2) is 29.6 Å². The molecule has 4 rings (SSSR count). The van der Waals surface area contributed by atoms with Gasteiger partial charge in [-0.2, -0.15) is 5.10 Å². The maximum atomic E-state index is 12.3. The molecule has 0 bridgehead atoms. The highest BCUT2D eigenvalue weighted by Crippen LogP contribution is 2.33. The summed E-state index contributed by atoms with van der Waals surface area (Å²) in [5, 5.41) is 11.2. The van der Waals surface area contributed by atoms with E-state index >= 15 is 0 Å². The minimum Gasteiger partial charge on any atom is -0.454 e. The number of rotatable bonds is 5. The highest BCUT2D eigenvalue weighted by atomic mass is 16.7. The van der Waals surface area contributed by atoms with Crippen LogP contribution in [0.25, 0.3) is 0 Å². The van der Waals surface area contributed by atoms with Crippen LogP contribution in [-0.2, 0) is 29.6 Å². The minimum atomic E-state index is -0.587. The molecule has 1 unspecified atom stereocenters. The average molecular weight is 356 g/mol. The van der Waals surface area contributed by atoms with Gasteiger partial charge in [-0.25, -0.2) is 0 Å². The summed E-state index contributed by atoms with van der Waals surface area (Å²) >= 11 is 0. The lowest BCUT2D eigenvalue weighted by molar-refractivity contribution is -0.131. The van der Waals surface area contributed by atoms with Crippen molar-refractivity contribution in [2.75, 3.05) is 6.79 Å². The zero-order valence-corrected chi connectivity index (χ0v) is 14.7. The Kier molecular flexibility index (Phi) is 4.24. The number of fused-ring (bicyclic) bond motifs is 1. The third-order valence-corrected chi connectivity index (χ3v) is 4.44. The number of hydrogen-bond acceptors (Lipinski definition) is 6. The van der Waals surface area contributed by atoms with Gasteiger partial charge in [0.1, 0.15) is 0 Å². The molecule has 2 aliphatic rings. The second kappa shape index (κ2) is 6.70. The lowest BCUT2D eigenvalue weighted by Crippen LogP contribution is -2.34. The number of benzene rings is 1. The Morgan fingerprint density at radius 1 is 1.35 bits per heavy atom. The molecule has 2 aromatic rings. The number of amides is 1. The summed E-state index contributed by atoms with van der Waals surface area (Å²) in [5.74, 6) is 1.32. The summed E-state index contributed by atoms with van der Waals surface area (Å²) in [7, 11) is 1.86. The molecule has 0 saturated heterocycles. The van der Waals surface area contributed by atoms with Crippen molar-refractivity contribution in [3.8, 4) is 11.5 Å². The molecule has 26 heavy (non-hydrogen) atoms. The van der Waals surface area contributed by atoms with Crippen LogP contribution in [0.4, 0.5) is 0 Å². The fourth-order valence-electron chi connectivity index (χ4n) is 3.08. The summed E-state index contributed by atoms with van der Waals surface area (Å²) < 4.78 is 12.4. The van der Waals surface area contributed by atoms with Crippen molar-refractivity contribution < 1.29 is 19.1 Å². The molecule has 0 aliphatic carbocycles. The van der Waals surface area contributed by atoms with E-state index in [1.165, 1.54) is 0 Å². The van der Waals surface area contributed by atoms with E-state index in [2.05, 4.69) is 15.6 Å². The van der Waals surface area contributed by atoms with Crippen molar-refractivity contribution in [1.29, 1.82) is 0 Å². The monoisotopic (exact) mass is 356 g/mol. The molecule has 2 aliphatic heterocycles. The molecule has 3 heterocycles. The number of hydrogen-bond donors (Lipinski definition) is 1. The van der Waals surface area contributed by atoms with Gasteiger partial charge in [0, 0.05) is 38.2 Å². The normalized spacial score (nSPS) is 17.8. The van der Waals surface area contributed by atoms with Gasteiger partial charge in [0.05, 0.1) is 11.4 Å². The molecular formula is C18H20N4O4. The number of nitrogens with zero attached hydrogens (tertiary/aromatic N) is 3. The van der Waals surface area contributed by atoms with Crippen molar-refractivity contribution in [2.24, 2.45) is 12.2 Å². The molecule has 0 radical (unpaired) electrons. The predicted molar refractivity (Wildman–Crippen MR) is 93.0 cm³/mol. The Hall–Kier alpha value is -3.03. The lowest BCUT2D eigenvalue weighted by Gasteiger charge is -2.09. The Balaban J connectivity index is 1.30. The Bertz CT molecular complexity index is 874. The van der Waals surface area contributed by atoms with Crippen molar-refractivity contribution in [3.05, 3.63) is 41.2 Å². The van der Waals surface area contributed by atoms with Gasteiger partial charge in [0.2, 0.25) is 12.9 Å². The van der Waals surface area contributed by atoms with E-state index in [-0.39, 0.29) is 12.7 Å². The fraction of sp³-hybridized carbons (Fsp3) is 0.389. The van der Waals surface area contributed by atoms with Gasteiger partial charge in [-0.3, -0.25) is 9.48 Å². The van der Waals surface area contributed by atoms with Crippen LogP contribution in [-0.4, -0.2) is 34.3 Å². The van der Waals surface area contributed by atoms with Crippen LogP contribution in [0.1, 0.15) is 23.2 Å². The van der Waals surface area contributed by atoms with Crippen molar-refractivity contribution in [3.63, 3.8) is 0 Å². The molecule has 1 atom stereocenters. The summed E-state index contributed by atoms with van der Waals surface area (Å²) in [6, 6.07) is 5.78. The molecule has 1 N–H and O–H groups in total. The number of ether oxygens (including phenoxy) is 2. The van der Waals surface area contributed by atoms with Crippen LogP contribution in [0.3, 0.4) is 0 Å². The molecule has 1 amide bonds. The summed E-state index contributed by atoms with van der Waals surface area (Å²) in [6.45, 7) is 2.59. The molecule has 136 valence electrons. The quantitative estimate of drug-likeness (QED) is 0.876. The molecule has 1 aromatic heterocycles. The molecular weight excluding hydrogens is 336 g/mol. The predicted octanol–water partition coefficient (Wildman–Crippen LogP) is 1.46. The summed E-state index contributed by atoms with van der Waals surface area (Å²) in [5.41, 5.74) is 3.77. The second-order valence-corrected chi connectivity index (χ2v) is 6.45. The van der Waals surface area contributed by atoms with E-state index in [1.807, 2.05) is 38.4 Å². The lowest BCUT2D eigenvalue weighted by atomic mass is 10.0. The molecule has 1 aromatic carbocycles. The van der Waals surface area contributed by atoms with Gasteiger partial charge in [-0.05, 0) is 24.6 Å². The van der Waals surface area contributed by atoms with Gasteiger partial charge in [-0.1, -0.05) is 11.2 Å². The number of aromatic nitrogens is 2. The molecule has 8 nitrogen and oxygen atoms in total. The first kappa shape index (κ1) is 16.4. The topological polar surface area (TPSA) is 87.0 Å². The molecule has 0 fully saturated rings. The zero-order valence-electron chi connectivity index (χ0n) is 14.7. The van der Waals surface area contributed by atoms with Crippen LogP contribution in [0.5, 0.6) is 11.5 Å². The first-order valence-corrected chi connectivity index (χ1v) is 8.45. The number of carbonyl (C=O) groups excluding carboxylic acids is 1. The average Bonchev–Trinajstić information content (AvgIpc) is 3.33. The molecule has 8 heteroatoms. The first-order chi connectivity index (χ1) is 12.6. The van der Waals surface area contributed by atoms with E-state index < -0.39 is 6.10 Å². The zero-order chi connectivity index (χ0) is 18.1. The van der Waals surface area contributed by atoms with Gasteiger partial charge in [-0.15, -0.1) is 0 Å². The fourth-order valence-corrected chi connectivity index (χ4v) is 3.08. The maximum Gasteiger partial charge on any atom is 0.264 e. The molecule has 0 spiro atoms. The third-order valence-electron chi connectivity index (χ3n) is 4.44. The Morgan fingerprint density at radius 2 is 2.19 bits per heavy atom. The van der Waals surface area contributed by atoms with E-state index in [0.29, 0.717) is 19.4 Å². The van der Waals surface area contributed by atoms with Gasteiger partial charge < -0.3 is 19.6 Å². The van der Waals surface area contributed by atoms with Crippen molar-refractivity contribution in [1.82, 2.24) is 15.1 Å². The highest BCUT2D eigenvalue weighted by molar-refractivity contribution is 5.94. The third kappa shape index (κ3) is 3.35. The number of oxime groups is 1. The van der Waals surface area contributed by atoms with Gasteiger partial charge in [0.25, 0.3) is 5.91 Å². The van der Waals surface area contributed by atoms with E-state index in [9.17, 15) is 4.79 Å². The van der Waals surface area contributed by atoms with E-state index in [1.54, 1.807) is 4.68 Å². The van der Waals surface area contributed by atoms with Gasteiger partial charge in [0.15, 0.2) is 11.5 Å². The Labute approximate surface area is 150 Å². The second-order valence-electron chi connectivity index (χ2n) is 6.45. The van der Waals surface area contributed by atoms with Crippen LogP contribution >= 0.6 is 0 Å². The van der Waals surface area contributed by atoms with Crippen LogP contribution < -0.4 is 14.8 Å².